The molecule has 7 heteroatoms. The van der Waals surface area contributed by atoms with E-state index in [1.54, 1.807) is 23.7 Å². The molecule has 1 heterocycles. The third-order valence-electron chi connectivity index (χ3n) is 4.40. The fourth-order valence-electron chi connectivity index (χ4n) is 2.89. The van der Waals surface area contributed by atoms with Crippen molar-refractivity contribution in [1.82, 2.24) is 14.8 Å². The average molecular weight is 436 g/mol. The zero-order valence-electron chi connectivity index (χ0n) is 16.1. The van der Waals surface area contributed by atoms with Gasteiger partial charge in [0.2, 0.25) is 0 Å². The van der Waals surface area contributed by atoms with Crippen LogP contribution in [0.15, 0.2) is 47.1 Å². The van der Waals surface area contributed by atoms with E-state index in [1.165, 1.54) is 4.90 Å². The molecule has 0 fully saturated rings. The molecule has 2 amide bonds. The number of carboxylic acid groups (broad SMARTS) is 1. The Hall–Kier alpha value is -2.28. The topological polar surface area (TPSA) is 74.6 Å². The highest BCUT2D eigenvalue weighted by molar-refractivity contribution is 9.10. The Kier molecular flexibility index (Phi) is 6.70. The summed E-state index contributed by atoms with van der Waals surface area (Å²) in [7, 11) is 1.80. The van der Waals surface area contributed by atoms with Gasteiger partial charge >= 0.3 is 6.09 Å². The van der Waals surface area contributed by atoms with Crippen LogP contribution in [0.5, 0.6) is 0 Å². The van der Waals surface area contributed by atoms with Crippen molar-refractivity contribution in [1.29, 1.82) is 0 Å². The van der Waals surface area contributed by atoms with E-state index in [2.05, 4.69) is 21.2 Å². The molecule has 0 aliphatic heterocycles. The summed E-state index contributed by atoms with van der Waals surface area (Å²) < 4.78 is 2.54. The van der Waals surface area contributed by atoms with E-state index in [0.717, 1.165) is 10.2 Å². The normalized spacial score (nSPS) is 12.5. The number of rotatable bonds is 6. The Labute approximate surface area is 168 Å². The lowest BCUT2D eigenvalue weighted by Crippen LogP contribution is -2.53. The number of aromatic nitrogens is 1. The van der Waals surface area contributed by atoms with Crippen LogP contribution in [0.3, 0.4) is 0 Å². The zero-order chi connectivity index (χ0) is 20.2. The number of hydrogen-bond donors (Lipinski definition) is 2. The Morgan fingerprint density at radius 3 is 2.30 bits per heavy atom. The molecule has 2 rings (SSSR count). The van der Waals surface area contributed by atoms with Crippen molar-refractivity contribution in [2.75, 3.05) is 6.54 Å². The molecule has 1 atom stereocenters. The molecule has 0 bridgehead atoms. The molecule has 6 nitrogen and oxygen atoms in total. The minimum absolute atomic E-state index is 0.199. The molecule has 0 aliphatic carbocycles. The highest BCUT2D eigenvalue weighted by Gasteiger charge is 2.30. The van der Waals surface area contributed by atoms with Gasteiger partial charge in [0.05, 0.1) is 10.6 Å². The van der Waals surface area contributed by atoms with Crippen molar-refractivity contribution in [3.8, 4) is 0 Å². The molecule has 1 aromatic carbocycles. The van der Waals surface area contributed by atoms with E-state index in [1.807, 2.05) is 51.1 Å². The van der Waals surface area contributed by atoms with Crippen LogP contribution in [-0.4, -0.2) is 44.7 Å². The smallest absolute Gasteiger partial charge is 0.407 e. The molecule has 1 unspecified atom stereocenters. The van der Waals surface area contributed by atoms with Gasteiger partial charge in [-0.25, -0.2) is 4.79 Å². The zero-order valence-corrected chi connectivity index (χ0v) is 17.7. The first-order valence-corrected chi connectivity index (χ1v) is 9.55. The summed E-state index contributed by atoms with van der Waals surface area (Å²) in [5.74, 6) is -0.233. The summed E-state index contributed by atoms with van der Waals surface area (Å²) in [6.45, 7) is 5.73. The maximum Gasteiger partial charge on any atom is 0.407 e. The fourth-order valence-corrected chi connectivity index (χ4v) is 3.22. The first-order valence-electron chi connectivity index (χ1n) is 8.76. The van der Waals surface area contributed by atoms with Crippen molar-refractivity contribution in [2.24, 2.45) is 7.05 Å². The number of benzene rings is 1. The molecule has 0 aliphatic rings. The Morgan fingerprint density at radius 1 is 1.19 bits per heavy atom. The van der Waals surface area contributed by atoms with Crippen LogP contribution < -0.4 is 5.32 Å². The summed E-state index contributed by atoms with van der Waals surface area (Å²) in [5, 5.41) is 12.6. The van der Waals surface area contributed by atoms with Gasteiger partial charge in [0.1, 0.15) is 5.69 Å². The second-order valence-electron chi connectivity index (χ2n) is 7.52. The van der Waals surface area contributed by atoms with Crippen LogP contribution in [0.4, 0.5) is 4.79 Å². The van der Waals surface area contributed by atoms with Gasteiger partial charge in [0, 0.05) is 19.1 Å². The van der Waals surface area contributed by atoms with E-state index in [0.29, 0.717) is 12.1 Å². The van der Waals surface area contributed by atoms with Gasteiger partial charge in [-0.15, -0.1) is 0 Å². The number of nitrogens with zero attached hydrogens (tertiary/aromatic N) is 2. The van der Waals surface area contributed by atoms with Crippen molar-refractivity contribution in [3.63, 3.8) is 0 Å². The molecular weight excluding hydrogens is 410 g/mol. The molecule has 0 radical (unpaired) electrons. The van der Waals surface area contributed by atoms with Crippen molar-refractivity contribution in [2.45, 2.75) is 38.8 Å². The van der Waals surface area contributed by atoms with Crippen LogP contribution in [0.1, 0.15) is 36.8 Å². The van der Waals surface area contributed by atoms with E-state index >= 15 is 0 Å². The minimum atomic E-state index is -1.00. The quantitative estimate of drug-likeness (QED) is 0.721. The molecule has 2 aromatic rings. The molecule has 0 saturated heterocycles. The highest BCUT2D eigenvalue weighted by Crippen LogP contribution is 2.17. The lowest BCUT2D eigenvalue weighted by Gasteiger charge is -2.36. The Morgan fingerprint density at radius 2 is 1.81 bits per heavy atom. The maximum absolute atomic E-state index is 12.8. The number of carbonyl (C=O) groups is 2. The average Bonchev–Trinajstić information content (AvgIpc) is 2.91. The van der Waals surface area contributed by atoms with Crippen LogP contribution in [-0.2, 0) is 13.5 Å². The first kappa shape index (κ1) is 21.0. The summed E-state index contributed by atoms with van der Waals surface area (Å²) in [6.07, 6.45) is -0.464. The fraction of sp³-hybridized carbons (Fsp3) is 0.400. The minimum Gasteiger partial charge on any atom is -0.465 e. The summed E-state index contributed by atoms with van der Waals surface area (Å²) in [4.78, 5) is 25.9. The third-order valence-corrected chi connectivity index (χ3v) is 5.19. The Bertz CT molecular complexity index is 797. The summed E-state index contributed by atoms with van der Waals surface area (Å²) in [6, 6.07) is 12.9. The van der Waals surface area contributed by atoms with Gasteiger partial charge in [-0.2, -0.15) is 0 Å². The second-order valence-corrected chi connectivity index (χ2v) is 8.34. The predicted molar refractivity (Wildman–Crippen MR) is 109 cm³/mol. The van der Waals surface area contributed by atoms with Crippen LogP contribution >= 0.6 is 15.9 Å². The van der Waals surface area contributed by atoms with E-state index in [9.17, 15) is 14.7 Å². The van der Waals surface area contributed by atoms with Gasteiger partial charge in [-0.3, -0.25) is 4.79 Å². The lowest BCUT2D eigenvalue weighted by atomic mass is 10.0. The maximum atomic E-state index is 12.8. The lowest BCUT2D eigenvalue weighted by molar-refractivity contribution is 0.0817. The van der Waals surface area contributed by atoms with E-state index in [4.69, 9.17) is 0 Å². The Balaban J connectivity index is 2.24. The molecule has 0 spiro atoms. The first-order chi connectivity index (χ1) is 12.6. The van der Waals surface area contributed by atoms with Crippen LogP contribution in [0, 0.1) is 0 Å². The molecule has 1 aromatic heterocycles. The molecule has 146 valence electrons. The van der Waals surface area contributed by atoms with Crippen LogP contribution in [0.2, 0.25) is 0 Å². The molecule has 2 N–H and O–H groups in total. The number of halogens is 1. The monoisotopic (exact) mass is 435 g/mol. The van der Waals surface area contributed by atoms with E-state index in [-0.39, 0.29) is 18.5 Å². The highest BCUT2D eigenvalue weighted by atomic mass is 79.9. The molecule has 27 heavy (non-hydrogen) atoms. The predicted octanol–water partition coefficient (Wildman–Crippen LogP) is 3.91. The second kappa shape index (κ2) is 8.61. The van der Waals surface area contributed by atoms with Gasteiger partial charge < -0.3 is 19.9 Å². The molecular formula is C20H26BrN3O3. The summed E-state index contributed by atoms with van der Waals surface area (Å²) in [5.41, 5.74) is 0.979. The van der Waals surface area contributed by atoms with E-state index < -0.39 is 11.6 Å². The van der Waals surface area contributed by atoms with Gasteiger partial charge in [-0.1, -0.05) is 30.3 Å². The SMILES string of the molecule is Cn1c(Br)ccc1C(=O)NC(Cc1ccccc1)CN(C(=O)O)C(C)(C)C. The number of carbonyl (C=O) groups excluding carboxylic acids is 1. The van der Waals surface area contributed by atoms with Crippen LogP contribution in [0.25, 0.3) is 0 Å². The summed E-state index contributed by atoms with van der Waals surface area (Å²) >= 11 is 3.39. The third kappa shape index (κ3) is 5.60. The van der Waals surface area contributed by atoms with Crippen molar-refractivity contribution in [3.05, 3.63) is 58.3 Å². The van der Waals surface area contributed by atoms with Gasteiger partial charge in [0.15, 0.2) is 0 Å². The standard InChI is InChI=1S/C20H26BrN3O3/c1-20(2,3)24(19(26)27)13-15(12-14-8-6-5-7-9-14)22-18(25)16-10-11-17(21)23(16)4/h5-11,15H,12-13H2,1-4H3,(H,22,25)(H,26,27). The van der Waals surface area contributed by atoms with Crippen molar-refractivity contribution < 1.29 is 14.7 Å². The van der Waals surface area contributed by atoms with Gasteiger partial charge in [-0.05, 0) is 60.8 Å². The van der Waals surface area contributed by atoms with Crippen molar-refractivity contribution >= 4 is 27.9 Å². The number of nitrogens with one attached hydrogen (secondary N) is 1. The number of hydrogen-bond acceptors (Lipinski definition) is 2. The number of amides is 2. The van der Waals surface area contributed by atoms with Gasteiger partial charge in [0.25, 0.3) is 5.91 Å². The largest absolute Gasteiger partial charge is 0.465 e. The molecule has 0 saturated carbocycles.